The number of ether oxygens (including phenoxy) is 1. The number of pyridine rings is 2. The highest BCUT2D eigenvalue weighted by Crippen LogP contribution is 2.26. The Bertz CT molecular complexity index is 616. The van der Waals surface area contributed by atoms with Gasteiger partial charge in [0.1, 0.15) is 11.6 Å². The normalized spacial score (nSPS) is 12.2. The van der Waals surface area contributed by atoms with Crippen molar-refractivity contribution in [3.05, 3.63) is 52.9 Å². The Hall–Kier alpha value is -2.01. The van der Waals surface area contributed by atoms with Crippen LogP contribution in [0.4, 0.5) is 4.39 Å². The summed E-state index contributed by atoms with van der Waals surface area (Å²) in [5.74, 6) is 0.434. The van der Waals surface area contributed by atoms with Gasteiger partial charge in [0, 0.05) is 41.7 Å². The number of nitrogens with zero attached hydrogens (tertiary/aromatic N) is 2. The van der Waals surface area contributed by atoms with E-state index in [0.717, 1.165) is 28.8 Å². The summed E-state index contributed by atoms with van der Waals surface area (Å²) >= 11 is 0. The fourth-order valence-corrected chi connectivity index (χ4v) is 2.23. The van der Waals surface area contributed by atoms with Gasteiger partial charge < -0.3 is 10.5 Å². The molecule has 0 amide bonds. The number of aromatic nitrogens is 2. The van der Waals surface area contributed by atoms with Crippen LogP contribution in [-0.4, -0.2) is 17.1 Å². The molecule has 2 aromatic heterocycles. The molecule has 2 rings (SSSR count). The molecule has 2 N–H and O–H groups in total. The van der Waals surface area contributed by atoms with E-state index in [1.54, 1.807) is 19.5 Å². The number of rotatable bonds is 4. The van der Waals surface area contributed by atoms with E-state index < -0.39 is 0 Å². The van der Waals surface area contributed by atoms with Gasteiger partial charge in [-0.1, -0.05) is 0 Å². The van der Waals surface area contributed by atoms with Crippen LogP contribution in [0.5, 0.6) is 5.75 Å². The molecule has 0 spiro atoms. The van der Waals surface area contributed by atoms with E-state index in [9.17, 15) is 4.39 Å². The van der Waals surface area contributed by atoms with Crippen LogP contribution in [0.2, 0.25) is 0 Å². The molecule has 20 heavy (non-hydrogen) atoms. The quantitative estimate of drug-likeness (QED) is 0.931. The second-order valence-electron chi connectivity index (χ2n) is 4.79. The Morgan fingerprint density at radius 2 is 2.05 bits per heavy atom. The first kappa shape index (κ1) is 14.4. The molecule has 2 heterocycles. The monoisotopic (exact) mass is 275 g/mol. The van der Waals surface area contributed by atoms with E-state index >= 15 is 0 Å². The first-order valence-electron chi connectivity index (χ1n) is 6.38. The molecule has 0 bridgehead atoms. The van der Waals surface area contributed by atoms with Crippen molar-refractivity contribution in [1.29, 1.82) is 0 Å². The van der Waals surface area contributed by atoms with Crippen molar-refractivity contribution in [2.45, 2.75) is 26.3 Å². The van der Waals surface area contributed by atoms with Gasteiger partial charge in [-0.05, 0) is 25.5 Å². The lowest BCUT2D eigenvalue weighted by atomic mass is 10.0. The molecular weight excluding hydrogens is 257 g/mol. The minimum atomic E-state index is -0.385. The summed E-state index contributed by atoms with van der Waals surface area (Å²) in [5.41, 5.74) is 9.56. The smallest absolute Gasteiger partial charge is 0.141 e. The molecule has 5 heteroatoms. The maximum atomic E-state index is 13.2. The Balaban J connectivity index is 2.26. The lowest BCUT2D eigenvalue weighted by Gasteiger charge is -2.16. The van der Waals surface area contributed by atoms with Crippen molar-refractivity contribution in [3.8, 4) is 5.75 Å². The minimum absolute atomic E-state index is 0.350. The van der Waals surface area contributed by atoms with Gasteiger partial charge in [0.25, 0.3) is 0 Å². The number of hydrogen-bond donors (Lipinski definition) is 1. The summed E-state index contributed by atoms with van der Waals surface area (Å²) in [6, 6.07) is 1.05. The van der Waals surface area contributed by atoms with Crippen LogP contribution in [0.15, 0.2) is 24.7 Å². The second-order valence-corrected chi connectivity index (χ2v) is 4.79. The lowest BCUT2D eigenvalue weighted by molar-refractivity contribution is 0.406. The first-order valence-corrected chi connectivity index (χ1v) is 6.38. The number of halogens is 1. The first-order chi connectivity index (χ1) is 9.52. The predicted molar refractivity (Wildman–Crippen MR) is 75.1 cm³/mol. The fraction of sp³-hybridized carbons (Fsp3) is 0.333. The fourth-order valence-electron chi connectivity index (χ4n) is 2.23. The summed E-state index contributed by atoms with van der Waals surface area (Å²) in [7, 11) is 1.63. The highest BCUT2D eigenvalue weighted by molar-refractivity contribution is 5.41. The maximum absolute atomic E-state index is 13.2. The van der Waals surface area contributed by atoms with Crippen molar-refractivity contribution in [3.63, 3.8) is 0 Å². The Morgan fingerprint density at radius 3 is 2.70 bits per heavy atom. The minimum Gasteiger partial charge on any atom is -0.496 e. The van der Waals surface area contributed by atoms with Crippen molar-refractivity contribution >= 4 is 0 Å². The van der Waals surface area contributed by atoms with Crippen LogP contribution in [0.3, 0.4) is 0 Å². The SMILES string of the molecule is COc1c(C)cnc(CC(N)c2cncc(F)c2)c1C. The van der Waals surface area contributed by atoms with Gasteiger partial charge in [-0.25, -0.2) is 4.39 Å². The van der Waals surface area contributed by atoms with E-state index in [2.05, 4.69) is 9.97 Å². The van der Waals surface area contributed by atoms with Gasteiger partial charge in [-0.3, -0.25) is 9.97 Å². The van der Waals surface area contributed by atoms with Gasteiger partial charge >= 0.3 is 0 Å². The molecule has 1 atom stereocenters. The van der Waals surface area contributed by atoms with Crippen molar-refractivity contribution < 1.29 is 9.13 Å². The molecule has 0 aliphatic rings. The molecule has 0 aromatic carbocycles. The van der Waals surface area contributed by atoms with Crippen molar-refractivity contribution in [2.75, 3.05) is 7.11 Å². The van der Waals surface area contributed by atoms with Gasteiger partial charge in [-0.2, -0.15) is 0 Å². The zero-order valence-electron chi connectivity index (χ0n) is 11.9. The van der Waals surface area contributed by atoms with E-state index in [1.807, 2.05) is 13.8 Å². The zero-order valence-corrected chi connectivity index (χ0v) is 11.9. The average molecular weight is 275 g/mol. The number of hydrogen-bond acceptors (Lipinski definition) is 4. The summed E-state index contributed by atoms with van der Waals surface area (Å²) in [5, 5.41) is 0. The Kier molecular flexibility index (Phi) is 4.29. The Morgan fingerprint density at radius 1 is 1.30 bits per heavy atom. The average Bonchev–Trinajstić information content (AvgIpc) is 2.42. The number of nitrogens with two attached hydrogens (primary N) is 1. The third-order valence-electron chi connectivity index (χ3n) is 3.32. The van der Waals surface area contributed by atoms with Crippen LogP contribution in [0, 0.1) is 19.7 Å². The highest BCUT2D eigenvalue weighted by Gasteiger charge is 2.14. The number of methoxy groups -OCH3 is 1. The summed E-state index contributed by atoms with van der Waals surface area (Å²) in [6.45, 7) is 3.89. The van der Waals surface area contributed by atoms with Gasteiger partial charge in [-0.15, -0.1) is 0 Å². The van der Waals surface area contributed by atoms with Gasteiger partial charge in [0.05, 0.1) is 13.3 Å². The highest BCUT2D eigenvalue weighted by atomic mass is 19.1. The molecule has 0 aliphatic carbocycles. The standard InChI is InChI=1S/C15H18FN3O/c1-9-6-19-14(10(2)15(9)20-3)5-13(17)11-4-12(16)8-18-7-11/h4,6-8,13H,5,17H2,1-3H3. The summed E-state index contributed by atoms with van der Waals surface area (Å²) in [6.07, 6.45) is 5.01. The largest absolute Gasteiger partial charge is 0.496 e. The third kappa shape index (κ3) is 2.93. The van der Waals surface area contributed by atoms with E-state index in [4.69, 9.17) is 10.5 Å². The number of aryl methyl sites for hydroxylation is 1. The van der Waals surface area contributed by atoms with Crippen LogP contribution in [-0.2, 0) is 6.42 Å². The molecule has 2 aromatic rings. The van der Waals surface area contributed by atoms with E-state index in [0.29, 0.717) is 12.0 Å². The molecule has 0 aliphatic heterocycles. The molecule has 0 saturated carbocycles. The zero-order chi connectivity index (χ0) is 14.7. The van der Waals surface area contributed by atoms with Crippen molar-refractivity contribution in [1.82, 2.24) is 9.97 Å². The van der Waals surface area contributed by atoms with Crippen LogP contribution in [0.25, 0.3) is 0 Å². The van der Waals surface area contributed by atoms with Crippen LogP contribution in [0.1, 0.15) is 28.4 Å². The van der Waals surface area contributed by atoms with Crippen LogP contribution < -0.4 is 10.5 Å². The topological polar surface area (TPSA) is 61.0 Å². The predicted octanol–water partition coefficient (Wildman–Crippen LogP) is 2.48. The van der Waals surface area contributed by atoms with Crippen molar-refractivity contribution in [2.24, 2.45) is 5.73 Å². The van der Waals surface area contributed by atoms with Gasteiger partial charge in [0.15, 0.2) is 0 Å². The summed E-state index contributed by atoms with van der Waals surface area (Å²) < 4.78 is 18.5. The molecular formula is C15H18FN3O. The molecule has 0 radical (unpaired) electrons. The van der Waals surface area contributed by atoms with E-state index in [-0.39, 0.29) is 11.9 Å². The molecule has 0 saturated heterocycles. The van der Waals surface area contributed by atoms with Gasteiger partial charge in [0.2, 0.25) is 0 Å². The second kappa shape index (κ2) is 5.96. The third-order valence-corrected chi connectivity index (χ3v) is 3.32. The molecule has 4 nitrogen and oxygen atoms in total. The summed E-state index contributed by atoms with van der Waals surface area (Å²) in [4.78, 5) is 8.22. The maximum Gasteiger partial charge on any atom is 0.141 e. The van der Waals surface area contributed by atoms with Crippen LogP contribution >= 0.6 is 0 Å². The Labute approximate surface area is 117 Å². The van der Waals surface area contributed by atoms with E-state index in [1.165, 1.54) is 6.07 Å². The molecule has 1 unspecified atom stereocenters. The lowest BCUT2D eigenvalue weighted by Crippen LogP contribution is -2.16. The molecule has 106 valence electrons. The molecule has 0 fully saturated rings.